The Hall–Kier alpha value is -3.66. The fourth-order valence-electron chi connectivity index (χ4n) is 3.42. The third kappa shape index (κ3) is 4.02. The van der Waals surface area contributed by atoms with Crippen molar-refractivity contribution in [3.63, 3.8) is 0 Å². The lowest BCUT2D eigenvalue weighted by Crippen LogP contribution is -2.20. The van der Waals surface area contributed by atoms with Crippen LogP contribution in [0.15, 0.2) is 65.4 Å². The van der Waals surface area contributed by atoms with Crippen molar-refractivity contribution < 1.29 is 27.2 Å². The highest BCUT2D eigenvalue weighted by Gasteiger charge is 2.31. The van der Waals surface area contributed by atoms with Crippen LogP contribution in [-0.2, 0) is 17.9 Å². The second kappa shape index (κ2) is 7.55. The molecule has 10 heteroatoms. The molecular weight excluding hydrogens is 413 g/mol. The van der Waals surface area contributed by atoms with E-state index in [-0.39, 0.29) is 23.6 Å². The van der Waals surface area contributed by atoms with Gasteiger partial charge in [-0.2, -0.15) is 4.98 Å². The average molecular weight is 428 g/mol. The Morgan fingerprint density at radius 1 is 1.03 bits per heavy atom. The molecule has 3 heterocycles. The number of hydrogen-bond donors (Lipinski definition) is 0. The van der Waals surface area contributed by atoms with Gasteiger partial charge in [0.1, 0.15) is 11.9 Å². The van der Waals surface area contributed by atoms with Crippen LogP contribution in [0.25, 0.3) is 23.0 Å². The van der Waals surface area contributed by atoms with E-state index >= 15 is 0 Å². The molecule has 158 valence electrons. The van der Waals surface area contributed by atoms with Gasteiger partial charge in [0, 0.05) is 5.56 Å². The number of nitrogens with zero attached hydrogens (tertiary/aromatic N) is 4. The number of rotatable bonds is 4. The maximum atomic E-state index is 12.3. The third-order valence-electron chi connectivity index (χ3n) is 4.88. The molecule has 1 unspecified atom stereocenters. The molecule has 0 aliphatic carbocycles. The highest BCUT2D eigenvalue weighted by Crippen LogP contribution is 2.32. The number of aromatic nitrogens is 4. The largest absolute Gasteiger partial charge is 0.573 e. The van der Waals surface area contributed by atoms with Crippen LogP contribution in [0.3, 0.4) is 0 Å². The van der Waals surface area contributed by atoms with E-state index in [2.05, 4.69) is 19.9 Å². The first-order valence-electron chi connectivity index (χ1n) is 9.37. The lowest BCUT2D eigenvalue weighted by atomic mass is 10.1. The van der Waals surface area contributed by atoms with Crippen LogP contribution in [0, 0.1) is 0 Å². The van der Waals surface area contributed by atoms with E-state index in [9.17, 15) is 13.2 Å². The van der Waals surface area contributed by atoms with Crippen LogP contribution in [-0.4, -0.2) is 26.1 Å². The summed E-state index contributed by atoms with van der Waals surface area (Å²) >= 11 is 0. The minimum atomic E-state index is -4.75. The Labute approximate surface area is 174 Å². The van der Waals surface area contributed by atoms with Crippen molar-refractivity contribution in [2.75, 3.05) is 0 Å². The van der Waals surface area contributed by atoms with Crippen LogP contribution in [0.2, 0.25) is 0 Å². The number of hydrogen-bond acceptors (Lipinski definition) is 6. The Morgan fingerprint density at radius 3 is 2.55 bits per heavy atom. The van der Waals surface area contributed by atoms with Crippen molar-refractivity contribution in [1.29, 1.82) is 0 Å². The molecule has 0 bridgehead atoms. The van der Waals surface area contributed by atoms with E-state index in [1.807, 2.05) is 34.9 Å². The molecule has 2 aromatic heterocycles. The van der Waals surface area contributed by atoms with Gasteiger partial charge in [-0.05, 0) is 29.8 Å². The molecule has 1 aliphatic rings. The van der Waals surface area contributed by atoms with E-state index in [1.165, 1.54) is 24.3 Å². The lowest BCUT2D eigenvalue weighted by molar-refractivity contribution is -0.274. The smallest absolute Gasteiger partial charge is 0.406 e. The van der Waals surface area contributed by atoms with Crippen LogP contribution in [0.5, 0.6) is 5.75 Å². The van der Waals surface area contributed by atoms with E-state index in [0.29, 0.717) is 24.4 Å². The second-order valence-corrected chi connectivity index (χ2v) is 6.90. The maximum Gasteiger partial charge on any atom is 0.573 e. The van der Waals surface area contributed by atoms with E-state index in [1.54, 1.807) is 6.33 Å². The van der Waals surface area contributed by atoms with Crippen molar-refractivity contribution in [2.45, 2.75) is 25.6 Å². The number of alkyl halides is 3. The number of fused-ring (bicyclic) bond motifs is 1. The number of halogens is 3. The van der Waals surface area contributed by atoms with E-state index in [0.717, 1.165) is 11.3 Å². The molecule has 2 aromatic carbocycles. The molecule has 0 radical (unpaired) electrons. The zero-order valence-electron chi connectivity index (χ0n) is 15.9. The Morgan fingerprint density at radius 2 is 1.81 bits per heavy atom. The first kappa shape index (κ1) is 19.3. The summed E-state index contributed by atoms with van der Waals surface area (Å²) < 4.78 is 54.1. The summed E-state index contributed by atoms with van der Waals surface area (Å²) in [5.41, 5.74) is 2.90. The number of ether oxygens (including phenoxy) is 2. The van der Waals surface area contributed by atoms with Gasteiger partial charge in [-0.25, -0.2) is 4.98 Å². The summed E-state index contributed by atoms with van der Waals surface area (Å²) in [7, 11) is 0. The van der Waals surface area contributed by atoms with Crippen molar-refractivity contribution in [3.8, 4) is 28.7 Å². The van der Waals surface area contributed by atoms with Gasteiger partial charge in [-0.1, -0.05) is 35.5 Å². The predicted octanol–water partition coefficient (Wildman–Crippen LogP) is 4.77. The van der Waals surface area contributed by atoms with Crippen molar-refractivity contribution in [1.82, 2.24) is 19.7 Å². The quantitative estimate of drug-likeness (QED) is 0.466. The summed E-state index contributed by atoms with van der Waals surface area (Å²) in [4.78, 5) is 8.74. The van der Waals surface area contributed by atoms with Gasteiger partial charge in [0.25, 0.3) is 5.89 Å². The first-order chi connectivity index (χ1) is 15.0. The van der Waals surface area contributed by atoms with Crippen molar-refractivity contribution in [2.24, 2.45) is 0 Å². The standard InChI is InChI=1S/C21H15F3N4O3/c22-21(23,24)30-15-8-6-14(7-9-15)19-26-20(31-27-19)18-16-11-29-17(10-28(16)12-25-18)13-4-2-1-3-5-13/h1-9,12,17H,10-11H2. The summed E-state index contributed by atoms with van der Waals surface area (Å²) in [5, 5.41) is 3.92. The van der Waals surface area contributed by atoms with Gasteiger partial charge in [0.15, 0.2) is 5.69 Å². The van der Waals surface area contributed by atoms with Gasteiger partial charge < -0.3 is 18.6 Å². The molecule has 5 rings (SSSR count). The molecule has 1 atom stereocenters. The molecule has 1 aliphatic heterocycles. The molecule has 31 heavy (non-hydrogen) atoms. The highest BCUT2D eigenvalue weighted by molar-refractivity contribution is 5.59. The topological polar surface area (TPSA) is 75.2 Å². The van der Waals surface area contributed by atoms with Crippen LogP contribution >= 0.6 is 0 Å². The molecule has 0 fully saturated rings. The van der Waals surface area contributed by atoms with E-state index < -0.39 is 6.36 Å². The SMILES string of the molecule is FC(F)(F)Oc1ccc(-c2noc(-c3ncn4c3COC(c3ccccc3)C4)n2)cc1. The second-order valence-electron chi connectivity index (χ2n) is 6.90. The number of benzene rings is 2. The summed E-state index contributed by atoms with van der Waals surface area (Å²) in [6.45, 7) is 0.935. The molecule has 0 saturated carbocycles. The molecule has 0 amide bonds. The lowest BCUT2D eigenvalue weighted by Gasteiger charge is -2.25. The number of imidazole rings is 1. The molecule has 4 aromatic rings. The Balaban J connectivity index is 1.35. The van der Waals surface area contributed by atoms with Gasteiger partial charge in [0.2, 0.25) is 5.82 Å². The zero-order valence-corrected chi connectivity index (χ0v) is 15.9. The predicted molar refractivity (Wildman–Crippen MR) is 102 cm³/mol. The average Bonchev–Trinajstić information content (AvgIpc) is 3.40. The monoisotopic (exact) mass is 428 g/mol. The molecule has 0 saturated heterocycles. The minimum Gasteiger partial charge on any atom is -0.406 e. The summed E-state index contributed by atoms with van der Waals surface area (Å²) in [6, 6.07) is 15.1. The molecular formula is C21H15F3N4O3. The van der Waals surface area contributed by atoms with Crippen LogP contribution < -0.4 is 4.74 Å². The fourth-order valence-corrected chi connectivity index (χ4v) is 3.42. The van der Waals surface area contributed by atoms with E-state index in [4.69, 9.17) is 9.26 Å². The van der Waals surface area contributed by atoms with Gasteiger partial charge in [-0.3, -0.25) is 0 Å². The van der Waals surface area contributed by atoms with Gasteiger partial charge in [0.05, 0.1) is 25.2 Å². The minimum absolute atomic E-state index is 0.0774. The van der Waals surface area contributed by atoms with Crippen molar-refractivity contribution >= 4 is 0 Å². The highest BCUT2D eigenvalue weighted by atomic mass is 19.4. The molecule has 0 N–H and O–H groups in total. The Kier molecular flexibility index (Phi) is 4.70. The molecule has 0 spiro atoms. The summed E-state index contributed by atoms with van der Waals surface area (Å²) in [6.07, 6.45) is -3.12. The molecule has 7 nitrogen and oxygen atoms in total. The van der Waals surface area contributed by atoms with Crippen LogP contribution in [0.1, 0.15) is 17.4 Å². The fraction of sp³-hybridized carbons (Fsp3) is 0.190. The van der Waals surface area contributed by atoms with Crippen LogP contribution in [0.4, 0.5) is 13.2 Å². The van der Waals surface area contributed by atoms with Gasteiger partial charge >= 0.3 is 6.36 Å². The zero-order chi connectivity index (χ0) is 21.4. The summed E-state index contributed by atoms with van der Waals surface area (Å²) in [5.74, 6) is 0.114. The Bertz CT molecular complexity index is 1190. The third-order valence-corrected chi connectivity index (χ3v) is 4.88. The first-order valence-corrected chi connectivity index (χ1v) is 9.37. The normalized spacial score (nSPS) is 16.2. The maximum absolute atomic E-state index is 12.3. The van der Waals surface area contributed by atoms with Crippen molar-refractivity contribution in [3.05, 3.63) is 72.2 Å². The van der Waals surface area contributed by atoms with Gasteiger partial charge in [-0.15, -0.1) is 13.2 Å².